The van der Waals surface area contributed by atoms with Crippen molar-refractivity contribution in [2.45, 2.75) is 52.9 Å². The number of allylic oxidation sites excluding steroid dienone is 4. The topological polar surface area (TPSA) is 61.0 Å². The van der Waals surface area contributed by atoms with Gasteiger partial charge in [-0.25, -0.2) is 9.79 Å². The van der Waals surface area contributed by atoms with Gasteiger partial charge in [-0.1, -0.05) is 23.8 Å². The van der Waals surface area contributed by atoms with Crippen molar-refractivity contribution in [1.82, 2.24) is 0 Å². The maximum Gasteiger partial charge on any atom is 0.374 e. The Kier molecular flexibility index (Phi) is 5.57. The Balaban J connectivity index is 1.50. The number of furan rings is 1. The van der Waals surface area contributed by atoms with Gasteiger partial charge in [-0.15, -0.1) is 0 Å². The van der Waals surface area contributed by atoms with E-state index in [0.29, 0.717) is 5.76 Å². The normalized spacial score (nSPS) is 19.4. The summed E-state index contributed by atoms with van der Waals surface area (Å²) in [6.45, 7) is 6.56. The second-order valence-corrected chi connectivity index (χ2v) is 9.13. The van der Waals surface area contributed by atoms with Crippen LogP contribution in [0.3, 0.4) is 0 Å². The van der Waals surface area contributed by atoms with Crippen LogP contribution in [-0.2, 0) is 11.2 Å². The van der Waals surface area contributed by atoms with Crippen LogP contribution in [0.4, 0.5) is 0 Å². The van der Waals surface area contributed by atoms with E-state index in [1.54, 1.807) is 12.1 Å². The van der Waals surface area contributed by atoms with Gasteiger partial charge in [0.1, 0.15) is 5.70 Å². The van der Waals surface area contributed by atoms with Gasteiger partial charge in [0.2, 0.25) is 5.76 Å². The molecule has 1 aliphatic heterocycles. The van der Waals surface area contributed by atoms with Gasteiger partial charge < -0.3 is 13.9 Å². The van der Waals surface area contributed by atoms with E-state index in [2.05, 4.69) is 39.0 Å². The third-order valence-corrected chi connectivity index (χ3v) is 6.79. The minimum atomic E-state index is -0.527. The molecule has 0 spiro atoms. The molecule has 5 heteroatoms. The molecule has 2 aromatic rings. The van der Waals surface area contributed by atoms with E-state index in [9.17, 15) is 4.79 Å². The highest BCUT2D eigenvalue weighted by molar-refractivity contribution is 6.06. The van der Waals surface area contributed by atoms with E-state index in [-0.39, 0.29) is 17.6 Å². The van der Waals surface area contributed by atoms with Gasteiger partial charge in [0.05, 0.1) is 7.11 Å². The lowest BCUT2D eigenvalue weighted by Gasteiger charge is -2.25. The number of carbonyl (C=O) groups is 1. The molecule has 0 saturated heterocycles. The fourth-order valence-corrected chi connectivity index (χ4v) is 5.30. The van der Waals surface area contributed by atoms with Crippen LogP contribution in [0.5, 0.6) is 5.95 Å². The molecule has 1 aromatic heterocycles. The number of rotatable bonds is 5. The zero-order valence-electron chi connectivity index (χ0n) is 19.7. The second kappa shape index (κ2) is 8.54. The Hall–Kier alpha value is -3.34. The minimum absolute atomic E-state index is 0.117. The molecule has 0 bridgehead atoms. The Morgan fingerprint density at radius 3 is 2.64 bits per heavy atom. The van der Waals surface area contributed by atoms with Crippen molar-refractivity contribution in [2.75, 3.05) is 7.11 Å². The van der Waals surface area contributed by atoms with Crippen LogP contribution in [0.2, 0.25) is 0 Å². The summed E-state index contributed by atoms with van der Waals surface area (Å²) in [7, 11) is 1.33. The Morgan fingerprint density at radius 2 is 1.88 bits per heavy atom. The molecule has 33 heavy (non-hydrogen) atoms. The van der Waals surface area contributed by atoms with Gasteiger partial charge in [0.15, 0.2) is 5.76 Å². The first-order valence-corrected chi connectivity index (χ1v) is 11.6. The quantitative estimate of drug-likeness (QED) is 0.506. The molecular weight excluding hydrogens is 414 g/mol. The van der Waals surface area contributed by atoms with E-state index >= 15 is 0 Å². The molecule has 1 atom stereocenters. The van der Waals surface area contributed by atoms with Crippen LogP contribution in [0.15, 0.2) is 68.4 Å². The van der Waals surface area contributed by atoms with E-state index in [0.717, 1.165) is 25.0 Å². The third-order valence-electron chi connectivity index (χ3n) is 6.79. The van der Waals surface area contributed by atoms with Crippen molar-refractivity contribution < 1.29 is 18.7 Å². The van der Waals surface area contributed by atoms with Crippen molar-refractivity contribution in [3.05, 3.63) is 87.0 Å². The summed E-state index contributed by atoms with van der Waals surface area (Å²) >= 11 is 0. The molecule has 0 amide bonds. The summed E-state index contributed by atoms with van der Waals surface area (Å²) in [5, 5.41) is 0. The summed E-state index contributed by atoms with van der Waals surface area (Å²) < 4.78 is 16.4. The third kappa shape index (κ3) is 3.97. The first kappa shape index (κ1) is 21.5. The predicted molar refractivity (Wildman–Crippen MR) is 128 cm³/mol. The number of hydrogen-bond donors (Lipinski definition) is 0. The molecule has 1 unspecified atom stereocenters. The van der Waals surface area contributed by atoms with Crippen molar-refractivity contribution >= 4 is 11.7 Å². The molecule has 0 N–H and O–H groups in total. The van der Waals surface area contributed by atoms with E-state index < -0.39 is 5.97 Å². The van der Waals surface area contributed by atoms with Crippen molar-refractivity contribution in [2.24, 2.45) is 10.9 Å². The monoisotopic (exact) mass is 443 g/mol. The molecule has 2 aliphatic carbocycles. The Labute approximate surface area is 194 Å². The molecule has 1 saturated carbocycles. The number of aryl methyl sites for hydroxylation is 3. The van der Waals surface area contributed by atoms with Crippen LogP contribution < -0.4 is 4.74 Å². The average Bonchev–Trinajstić information content (AvgIpc) is 3.42. The number of methoxy groups -OCH3 is 1. The lowest BCUT2D eigenvalue weighted by Crippen LogP contribution is -2.16. The molecule has 1 aromatic carbocycles. The fourth-order valence-electron chi connectivity index (χ4n) is 5.30. The van der Waals surface area contributed by atoms with Crippen LogP contribution in [0.1, 0.15) is 58.5 Å². The number of benzene rings is 1. The van der Waals surface area contributed by atoms with Crippen LogP contribution in [0.25, 0.3) is 0 Å². The summed E-state index contributed by atoms with van der Waals surface area (Å²) in [6.07, 6.45) is 9.63. The van der Waals surface area contributed by atoms with E-state index in [4.69, 9.17) is 18.9 Å². The highest BCUT2D eigenvalue weighted by Crippen LogP contribution is 2.44. The maximum atomic E-state index is 11.7. The second-order valence-electron chi connectivity index (χ2n) is 9.13. The van der Waals surface area contributed by atoms with Crippen molar-refractivity contribution in [1.29, 1.82) is 0 Å². The van der Waals surface area contributed by atoms with Crippen molar-refractivity contribution in [3.63, 3.8) is 0 Å². The molecule has 5 rings (SSSR count). The summed E-state index contributed by atoms with van der Waals surface area (Å²) in [5.74, 6) is 0.764. The van der Waals surface area contributed by atoms with E-state index in [1.807, 2.05) is 6.08 Å². The molecular formula is C28H29NO4. The standard InChI is InChI=1S/C28H29NO4/c1-16-13-17(2)21(18(3)14-16)15-19-9-10-23(32-25-12-11-24(33-25)28(30)31-4)27-26(19)20-7-5-6-8-22(20)29-27/h9-14,19H,5-8,15H2,1-4H3. The van der Waals surface area contributed by atoms with Crippen LogP contribution >= 0.6 is 0 Å². The maximum absolute atomic E-state index is 11.7. The summed E-state index contributed by atoms with van der Waals surface area (Å²) in [6, 6.07) is 7.74. The van der Waals surface area contributed by atoms with Gasteiger partial charge in [-0.2, -0.15) is 0 Å². The van der Waals surface area contributed by atoms with Gasteiger partial charge in [0.25, 0.3) is 5.95 Å². The Bertz CT molecular complexity index is 1230. The van der Waals surface area contributed by atoms with Gasteiger partial charge in [-0.05, 0) is 92.9 Å². The first-order valence-electron chi connectivity index (χ1n) is 11.6. The summed E-state index contributed by atoms with van der Waals surface area (Å²) in [5.41, 5.74) is 10.2. The number of nitrogens with zero attached hydrogens (tertiary/aromatic N) is 1. The van der Waals surface area contributed by atoms with Crippen molar-refractivity contribution in [3.8, 4) is 5.95 Å². The van der Waals surface area contributed by atoms with Gasteiger partial charge in [-0.3, -0.25) is 0 Å². The number of carbonyl (C=O) groups excluding carboxylic acids is 1. The highest BCUT2D eigenvalue weighted by atomic mass is 16.6. The van der Waals surface area contributed by atoms with Gasteiger partial charge in [0, 0.05) is 17.7 Å². The average molecular weight is 444 g/mol. The molecule has 1 fully saturated rings. The number of esters is 1. The Morgan fingerprint density at radius 1 is 1.12 bits per heavy atom. The number of aliphatic imine (C=N–C) groups is 1. The summed E-state index contributed by atoms with van der Waals surface area (Å²) in [4.78, 5) is 16.8. The number of fused-ring (bicyclic) bond motifs is 2. The molecule has 170 valence electrons. The lowest BCUT2D eigenvalue weighted by atomic mass is 9.79. The molecule has 2 heterocycles. The first-order chi connectivity index (χ1) is 15.9. The molecule has 5 nitrogen and oxygen atoms in total. The smallest absolute Gasteiger partial charge is 0.374 e. The zero-order valence-corrected chi connectivity index (χ0v) is 19.7. The SMILES string of the molecule is COC(=O)c1ccc(OC2=C3N=C4CCCCC4=C3C(Cc3c(C)cc(C)cc3C)C=C2)o1. The molecule has 0 radical (unpaired) electrons. The highest BCUT2D eigenvalue weighted by Gasteiger charge is 2.35. The van der Waals surface area contributed by atoms with E-state index in [1.165, 1.54) is 59.1 Å². The minimum Gasteiger partial charge on any atom is -0.463 e. The van der Waals surface area contributed by atoms with Crippen LogP contribution in [-0.4, -0.2) is 18.8 Å². The lowest BCUT2D eigenvalue weighted by molar-refractivity contribution is 0.0559. The number of hydrogen-bond acceptors (Lipinski definition) is 5. The fraction of sp³-hybridized carbons (Fsp3) is 0.357. The number of ether oxygens (including phenoxy) is 2. The zero-order chi connectivity index (χ0) is 23.1. The largest absolute Gasteiger partial charge is 0.463 e. The predicted octanol–water partition coefficient (Wildman–Crippen LogP) is 6.34. The van der Waals surface area contributed by atoms with Crippen LogP contribution in [0, 0.1) is 26.7 Å². The van der Waals surface area contributed by atoms with Gasteiger partial charge >= 0.3 is 5.97 Å². The molecule has 3 aliphatic rings.